The molecule has 6 heteroatoms. The number of carbonyl (C=O) groups is 1. The van der Waals surface area contributed by atoms with Crippen LogP contribution in [0, 0.1) is 0 Å². The number of hydrogen-bond acceptors (Lipinski definition) is 5. The van der Waals surface area contributed by atoms with Gasteiger partial charge in [0.05, 0.1) is 5.60 Å². The van der Waals surface area contributed by atoms with E-state index in [1.807, 2.05) is 46.7 Å². The number of nitrogens with one attached hydrogen (secondary N) is 2. The second-order valence-electron chi connectivity index (χ2n) is 6.90. The van der Waals surface area contributed by atoms with Crippen LogP contribution in [0.2, 0.25) is 0 Å². The summed E-state index contributed by atoms with van der Waals surface area (Å²) in [7, 11) is 3.84. The highest BCUT2D eigenvalue weighted by Gasteiger charge is 2.22. The van der Waals surface area contributed by atoms with Crippen LogP contribution >= 0.6 is 0 Å². The minimum absolute atomic E-state index is 0.0520. The topological polar surface area (TPSA) is 73.8 Å². The Morgan fingerprint density at radius 3 is 2.30 bits per heavy atom. The molecule has 0 saturated carbocycles. The van der Waals surface area contributed by atoms with E-state index in [0.717, 1.165) is 0 Å². The van der Waals surface area contributed by atoms with Crippen molar-refractivity contribution in [3.05, 3.63) is 0 Å². The molecule has 0 aromatic carbocycles. The molecule has 2 unspecified atom stereocenters. The van der Waals surface area contributed by atoms with E-state index < -0.39 is 17.3 Å². The number of carbonyl (C=O) groups excluding carboxylic acids is 1. The molecule has 0 aromatic rings. The highest BCUT2D eigenvalue weighted by atomic mass is 16.6. The molecule has 2 atom stereocenters. The summed E-state index contributed by atoms with van der Waals surface area (Å²) in [5.41, 5.74) is -1.29. The van der Waals surface area contributed by atoms with Gasteiger partial charge < -0.3 is 25.4 Å². The van der Waals surface area contributed by atoms with Crippen molar-refractivity contribution < 1.29 is 14.6 Å². The molecule has 6 nitrogen and oxygen atoms in total. The standard InChI is InChI=1S/C14H31N3O3/c1-11(8-15-12(18)20-13(2,3)4)16-9-14(5,19)10-17(6)7/h11,16,19H,8-10H2,1-7H3,(H,15,18). The summed E-state index contributed by atoms with van der Waals surface area (Å²) in [6.07, 6.45) is -0.425. The molecular weight excluding hydrogens is 258 g/mol. The maximum atomic E-state index is 11.5. The number of rotatable bonds is 7. The average Bonchev–Trinajstić information content (AvgIpc) is 2.19. The van der Waals surface area contributed by atoms with Crippen molar-refractivity contribution in [3.8, 4) is 0 Å². The van der Waals surface area contributed by atoms with Gasteiger partial charge in [-0.3, -0.25) is 0 Å². The molecule has 0 aliphatic carbocycles. The van der Waals surface area contributed by atoms with Crippen molar-refractivity contribution in [1.29, 1.82) is 0 Å². The van der Waals surface area contributed by atoms with Crippen LogP contribution in [0.3, 0.4) is 0 Å². The van der Waals surface area contributed by atoms with Gasteiger partial charge in [0, 0.05) is 25.7 Å². The first kappa shape index (κ1) is 19.1. The lowest BCUT2D eigenvalue weighted by Gasteiger charge is -2.29. The molecule has 0 aromatic heterocycles. The summed E-state index contributed by atoms with van der Waals surface area (Å²) < 4.78 is 5.15. The third kappa shape index (κ3) is 11.0. The normalized spacial score (nSPS) is 16.6. The van der Waals surface area contributed by atoms with Gasteiger partial charge in [-0.25, -0.2) is 4.79 Å². The van der Waals surface area contributed by atoms with Crippen LogP contribution in [0.25, 0.3) is 0 Å². The summed E-state index contributed by atoms with van der Waals surface area (Å²) in [4.78, 5) is 13.4. The lowest BCUT2D eigenvalue weighted by molar-refractivity contribution is 0.0314. The SMILES string of the molecule is CC(CNC(=O)OC(C)(C)C)NCC(C)(O)CN(C)C. The predicted molar refractivity (Wildman–Crippen MR) is 80.9 cm³/mol. The molecule has 0 bridgehead atoms. The maximum Gasteiger partial charge on any atom is 0.407 e. The van der Waals surface area contributed by atoms with E-state index in [1.165, 1.54) is 0 Å². The van der Waals surface area contributed by atoms with Crippen molar-refractivity contribution in [2.75, 3.05) is 33.7 Å². The number of amides is 1. The third-order valence-corrected chi connectivity index (χ3v) is 2.44. The monoisotopic (exact) mass is 289 g/mol. The van der Waals surface area contributed by atoms with Crippen LogP contribution in [0.5, 0.6) is 0 Å². The first-order chi connectivity index (χ1) is 8.91. The fourth-order valence-corrected chi connectivity index (χ4v) is 1.75. The molecule has 3 N–H and O–H groups in total. The van der Waals surface area contributed by atoms with Crippen LogP contribution in [-0.4, -0.2) is 67.1 Å². The Bertz CT molecular complexity index is 299. The fourth-order valence-electron chi connectivity index (χ4n) is 1.75. The molecule has 0 heterocycles. The molecule has 20 heavy (non-hydrogen) atoms. The van der Waals surface area contributed by atoms with Crippen LogP contribution in [0.4, 0.5) is 4.79 Å². The summed E-state index contributed by atoms with van der Waals surface area (Å²) in [5, 5.41) is 16.0. The molecule has 0 saturated heterocycles. The summed E-state index contributed by atoms with van der Waals surface area (Å²) in [5.74, 6) is 0. The number of hydrogen-bond donors (Lipinski definition) is 3. The number of ether oxygens (including phenoxy) is 1. The first-order valence-electron chi connectivity index (χ1n) is 6.99. The second-order valence-corrected chi connectivity index (χ2v) is 6.90. The Morgan fingerprint density at radius 2 is 1.85 bits per heavy atom. The smallest absolute Gasteiger partial charge is 0.407 e. The molecule has 120 valence electrons. The van der Waals surface area contributed by atoms with Crippen LogP contribution in [0.1, 0.15) is 34.6 Å². The van der Waals surface area contributed by atoms with Crippen molar-refractivity contribution in [3.63, 3.8) is 0 Å². The van der Waals surface area contributed by atoms with Crippen LogP contribution < -0.4 is 10.6 Å². The van der Waals surface area contributed by atoms with Gasteiger partial charge >= 0.3 is 6.09 Å². The van der Waals surface area contributed by atoms with Gasteiger partial charge in [0.25, 0.3) is 0 Å². The largest absolute Gasteiger partial charge is 0.444 e. The number of nitrogens with zero attached hydrogens (tertiary/aromatic N) is 1. The van der Waals surface area contributed by atoms with Crippen molar-refractivity contribution in [2.24, 2.45) is 0 Å². The highest BCUT2D eigenvalue weighted by Crippen LogP contribution is 2.06. The first-order valence-corrected chi connectivity index (χ1v) is 6.99. The maximum absolute atomic E-state index is 11.5. The van der Waals surface area contributed by atoms with Crippen molar-refractivity contribution >= 4 is 6.09 Å². The van der Waals surface area contributed by atoms with Gasteiger partial charge in [-0.05, 0) is 48.7 Å². The molecule has 0 rings (SSSR count). The third-order valence-electron chi connectivity index (χ3n) is 2.44. The van der Waals surface area contributed by atoms with Crippen molar-refractivity contribution in [2.45, 2.75) is 51.9 Å². The Hall–Kier alpha value is -0.850. The van der Waals surface area contributed by atoms with Gasteiger partial charge in [-0.1, -0.05) is 0 Å². The number of alkyl carbamates (subject to hydrolysis) is 1. The van der Waals surface area contributed by atoms with E-state index in [1.54, 1.807) is 6.92 Å². The molecule has 0 aliphatic rings. The Balaban J connectivity index is 3.95. The summed E-state index contributed by atoms with van der Waals surface area (Å²) in [6, 6.07) is 0.0520. The molecule has 0 spiro atoms. The van der Waals surface area contributed by atoms with Gasteiger partial charge in [0.1, 0.15) is 5.60 Å². The van der Waals surface area contributed by atoms with Gasteiger partial charge in [0.2, 0.25) is 0 Å². The van der Waals surface area contributed by atoms with E-state index in [-0.39, 0.29) is 6.04 Å². The number of aliphatic hydroxyl groups is 1. The average molecular weight is 289 g/mol. The Labute approximate surface area is 122 Å². The van der Waals surface area contributed by atoms with E-state index in [0.29, 0.717) is 19.6 Å². The Morgan fingerprint density at radius 1 is 1.30 bits per heavy atom. The van der Waals surface area contributed by atoms with Crippen LogP contribution in [0.15, 0.2) is 0 Å². The summed E-state index contributed by atoms with van der Waals surface area (Å²) in [6.45, 7) is 10.7. The van der Waals surface area contributed by atoms with Crippen LogP contribution in [-0.2, 0) is 4.74 Å². The number of likely N-dealkylation sites (N-methyl/N-ethyl adjacent to an activating group) is 1. The highest BCUT2D eigenvalue weighted by molar-refractivity contribution is 5.67. The lowest BCUT2D eigenvalue weighted by atomic mass is 10.1. The second kappa shape index (κ2) is 7.81. The summed E-state index contributed by atoms with van der Waals surface area (Å²) >= 11 is 0. The zero-order chi connectivity index (χ0) is 16.0. The van der Waals surface area contributed by atoms with E-state index in [2.05, 4.69) is 10.6 Å². The van der Waals surface area contributed by atoms with Gasteiger partial charge in [-0.15, -0.1) is 0 Å². The quantitative estimate of drug-likeness (QED) is 0.646. The minimum atomic E-state index is -0.802. The van der Waals surface area contributed by atoms with E-state index in [4.69, 9.17) is 4.74 Å². The zero-order valence-electron chi connectivity index (χ0n) is 13.9. The lowest BCUT2D eigenvalue weighted by Crippen LogP contribution is -2.50. The molecule has 1 amide bonds. The minimum Gasteiger partial charge on any atom is -0.444 e. The molecule has 0 radical (unpaired) electrons. The molecular formula is C14H31N3O3. The van der Waals surface area contributed by atoms with Gasteiger partial charge in [-0.2, -0.15) is 0 Å². The fraction of sp³-hybridized carbons (Fsp3) is 0.929. The van der Waals surface area contributed by atoms with E-state index in [9.17, 15) is 9.90 Å². The Kier molecular flexibility index (Phi) is 7.47. The zero-order valence-corrected chi connectivity index (χ0v) is 13.9. The van der Waals surface area contributed by atoms with E-state index >= 15 is 0 Å². The molecule has 0 fully saturated rings. The van der Waals surface area contributed by atoms with Gasteiger partial charge in [0.15, 0.2) is 0 Å². The molecule has 0 aliphatic heterocycles. The van der Waals surface area contributed by atoms with Crippen molar-refractivity contribution in [1.82, 2.24) is 15.5 Å². The predicted octanol–water partition coefficient (Wildman–Crippen LogP) is 0.802.